The summed E-state index contributed by atoms with van der Waals surface area (Å²) < 4.78 is 12.6. The summed E-state index contributed by atoms with van der Waals surface area (Å²) in [5.41, 5.74) is 5.88. The fraction of sp³-hybridized carbons (Fsp3) is 0.300. The van der Waals surface area contributed by atoms with E-state index in [1.165, 1.54) is 24.3 Å². The molecule has 76 valence electrons. The van der Waals surface area contributed by atoms with E-state index in [-0.39, 0.29) is 5.82 Å². The van der Waals surface area contributed by atoms with Crippen LogP contribution in [0.15, 0.2) is 24.3 Å². The van der Waals surface area contributed by atoms with Gasteiger partial charge in [-0.2, -0.15) is 0 Å². The molecule has 3 N–H and O–H groups in total. The molecule has 1 aromatic rings. The molecule has 3 nitrogen and oxygen atoms in total. The van der Waals surface area contributed by atoms with Crippen molar-refractivity contribution in [2.24, 2.45) is 5.73 Å². The normalized spacial score (nSPS) is 12.4. The smallest absolute Gasteiger partial charge is 0.311 e. The van der Waals surface area contributed by atoms with Crippen molar-refractivity contribution >= 4 is 5.97 Å². The lowest BCUT2D eigenvalue weighted by Gasteiger charge is -2.10. The molecule has 0 spiro atoms. The Labute approximate surface area is 81.4 Å². The fourth-order valence-corrected chi connectivity index (χ4v) is 1.29. The maximum Gasteiger partial charge on any atom is 0.311 e. The number of hydrogen-bond donors (Lipinski definition) is 2. The lowest BCUT2D eigenvalue weighted by molar-refractivity contribution is -0.138. The fourth-order valence-electron chi connectivity index (χ4n) is 1.29. The van der Waals surface area contributed by atoms with Crippen LogP contribution < -0.4 is 5.73 Å². The van der Waals surface area contributed by atoms with E-state index in [9.17, 15) is 9.18 Å². The van der Waals surface area contributed by atoms with Crippen LogP contribution in [0.4, 0.5) is 4.39 Å². The lowest BCUT2D eigenvalue weighted by atomic mass is 9.96. The number of hydrogen-bond acceptors (Lipinski definition) is 2. The van der Waals surface area contributed by atoms with Crippen LogP contribution >= 0.6 is 0 Å². The van der Waals surface area contributed by atoms with Crippen molar-refractivity contribution in [1.82, 2.24) is 0 Å². The first-order valence-corrected chi connectivity index (χ1v) is 4.33. The summed E-state index contributed by atoms with van der Waals surface area (Å²) in [6.45, 7) is 0.300. The molecule has 0 saturated carbocycles. The Morgan fingerprint density at radius 2 is 2.00 bits per heavy atom. The Morgan fingerprint density at radius 1 is 1.43 bits per heavy atom. The summed E-state index contributed by atoms with van der Waals surface area (Å²) in [5.74, 6) is -1.94. The molecule has 4 heteroatoms. The van der Waals surface area contributed by atoms with Gasteiger partial charge in [0.05, 0.1) is 5.92 Å². The second kappa shape index (κ2) is 4.72. The summed E-state index contributed by atoms with van der Waals surface area (Å²) in [6, 6.07) is 5.46. The molecule has 0 aliphatic rings. The second-order valence-electron chi connectivity index (χ2n) is 3.02. The first kappa shape index (κ1) is 10.7. The average Bonchev–Trinajstić information content (AvgIpc) is 2.15. The van der Waals surface area contributed by atoms with Gasteiger partial charge >= 0.3 is 5.97 Å². The minimum absolute atomic E-state index is 0.300. The minimum atomic E-state index is -0.929. The highest BCUT2D eigenvalue weighted by Gasteiger charge is 2.18. The van der Waals surface area contributed by atoms with Gasteiger partial charge in [-0.25, -0.2) is 4.39 Å². The molecule has 0 aliphatic carbocycles. The molecule has 0 saturated heterocycles. The molecule has 0 fully saturated rings. The van der Waals surface area contributed by atoms with Crippen LogP contribution in [0.1, 0.15) is 17.9 Å². The van der Waals surface area contributed by atoms with Crippen molar-refractivity contribution in [2.45, 2.75) is 12.3 Å². The number of aliphatic carboxylic acids is 1. The van der Waals surface area contributed by atoms with Gasteiger partial charge in [0, 0.05) is 0 Å². The summed E-state index contributed by atoms with van der Waals surface area (Å²) >= 11 is 0. The summed E-state index contributed by atoms with van der Waals surface area (Å²) in [7, 11) is 0. The molecule has 14 heavy (non-hydrogen) atoms. The van der Waals surface area contributed by atoms with Crippen LogP contribution in [0.5, 0.6) is 0 Å². The van der Waals surface area contributed by atoms with Crippen molar-refractivity contribution in [3.8, 4) is 0 Å². The zero-order chi connectivity index (χ0) is 10.6. The molecule has 1 aromatic carbocycles. The summed E-state index contributed by atoms with van der Waals surface area (Å²) in [4.78, 5) is 10.8. The molecule has 0 aromatic heterocycles. The van der Waals surface area contributed by atoms with Gasteiger partial charge in [0.25, 0.3) is 0 Å². The molecular weight excluding hydrogens is 185 g/mol. The Balaban J connectivity index is 2.87. The first-order chi connectivity index (χ1) is 6.65. The van der Waals surface area contributed by atoms with E-state index < -0.39 is 11.9 Å². The van der Waals surface area contributed by atoms with Crippen molar-refractivity contribution < 1.29 is 14.3 Å². The van der Waals surface area contributed by atoms with Gasteiger partial charge in [-0.1, -0.05) is 12.1 Å². The van der Waals surface area contributed by atoms with Crippen LogP contribution in [0.25, 0.3) is 0 Å². The van der Waals surface area contributed by atoms with E-state index in [1.54, 1.807) is 0 Å². The Hall–Kier alpha value is -1.42. The zero-order valence-corrected chi connectivity index (χ0v) is 7.61. The number of nitrogens with two attached hydrogens (primary N) is 1. The molecule has 0 aliphatic heterocycles. The van der Waals surface area contributed by atoms with E-state index in [0.29, 0.717) is 18.5 Å². The van der Waals surface area contributed by atoms with Gasteiger partial charge in [0.2, 0.25) is 0 Å². The van der Waals surface area contributed by atoms with E-state index >= 15 is 0 Å². The van der Waals surface area contributed by atoms with Gasteiger partial charge in [-0.3, -0.25) is 4.79 Å². The third-order valence-electron chi connectivity index (χ3n) is 2.03. The molecule has 0 unspecified atom stereocenters. The highest BCUT2D eigenvalue weighted by Crippen LogP contribution is 2.19. The standard InChI is InChI=1S/C10H12FNO2/c11-8-3-1-7(2-4-8)9(5-6-12)10(13)14/h1-4,9H,5-6,12H2,(H,13,14)/t9-/m1/s1. The third-order valence-corrected chi connectivity index (χ3v) is 2.03. The number of halogens is 1. The maximum atomic E-state index is 12.6. The van der Waals surface area contributed by atoms with Gasteiger partial charge < -0.3 is 10.8 Å². The van der Waals surface area contributed by atoms with E-state index in [0.717, 1.165) is 0 Å². The maximum absolute atomic E-state index is 12.6. The molecule has 1 atom stereocenters. The number of carboxylic acids is 1. The van der Waals surface area contributed by atoms with Gasteiger partial charge in [-0.05, 0) is 30.7 Å². The van der Waals surface area contributed by atoms with Crippen LogP contribution in [0.3, 0.4) is 0 Å². The predicted molar refractivity (Wildman–Crippen MR) is 50.4 cm³/mol. The van der Waals surface area contributed by atoms with Crippen molar-refractivity contribution in [2.75, 3.05) is 6.54 Å². The number of carboxylic acid groups (broad SMARTS) is 1. The highest BCUT2D eigenvalue weighted by molar-refractivity contribution is 5.76. The summed E-state index contributed by atoms with van der Waals surface area (Å²) in [5, 5.41) is 8.88. The number of benzene rings is 1. The average molecular weight is 197 g/mol. The van der Waals surface area contributed by atoms with Crippen LogP contribution in [0, 0.1) is 5.82 Å². The van der Waals surface area contributed by atoms with Crippen LogP contribution in [-0.4, -0.2) is 17.6 Å². The largest absolute Gasteiger partial charge is 0.481 e. The first-order valence-electron chi connectivity index (χ1n) is 4.33. The molecule has 0 radical (unpaired) electrons. The molecule has 0 heterocycles. The zero-order valence-electron chi connectivity index (χ0n) is 7.61. The molecular formula is C10H12FNO2. The monoisotopic (exact) mass is 197 g/mol. The number of carbonyl (C=O) groups is 1. The van der Waals surface area contributed by atoms with E-state index in [4.69, 9.17) is 10.8 Å². The lowest BCUT2D eigenvalue weighted by Crippen LogP contribution is -2.16. The van der Waals surface area contributed by atoms with Gasteiger partial charge in [-0.15, -0.1) is 0 Å². The molecule has 1 rings (SSSR count). The Bertz CT molecular complexity index is 310. The second-order valence-corrected chi connectivity index (χ2v) is 3.02. The SMILES string of the molecule is NCC[C@@H](C(=O)O)c1ccc(F)cc1. The predicted octanol–water partition coefficient (Wildman–Crippen LogP) is 1.34. The Kier molecular flexibility index (Phi) is 3.59. The van der Waals surface area contributed by atoms with Gasteiger partial charge in [0.1, 0.15) is 5.82 Å². The molecule has 0 bridgehead atoms. The highest BCUT2D eigenvalue weighted by atomic mass is 19.1. The minimum Gasteiger partial charge on any atom is -0.481 e. The van der Waals surface area contributed by atoms with Crippen LogP contribution in [-0.2, 0) is 4.79 Å². The summed E-state index contributed by atoms with van der Waals surface area (Å²) in [6.07, 6.45) is 0.362. The van der Waals surface area contributed by atoms with E-state index in [2.05, 4.69) is 0 Å². The third kappa shape index (κ3) is 2.53. The van der Waals surface area contributed by atoms with Crippen molar-refractivity contribution in [1.29, 1.82) is 0 Å². The van der Waals surface area contributed by atoms with Crippen LogP contribution in [0.2, 0.25) is 0 Å². The van der Waals surface area contributed by atoms with E-state index in [1.807, 2.05) is 0 Å². The topological polar surface area (TPSA) is 63.3 Å². The number of rotatable bonds is 4. The quantitative estimate of drug-likeness (QED) is 0.765. The van der Waals surface area contributed by atoms with Crippen molar-refractivity contribution in [3.05, 3.63) is 35.6 Å². The van der Waals surface area contributed by atoms with Crippen molar-refractivity contribution in [3.63, 3.8) is 0 Å². The Morgan fingerprint density at radius 3 is 2.43 bits per heavy atom. The molecule has 0 amide bonds. The van der Waals surface area contributed by atoms with Gasteiger partial charge in [0.15, 0.2) is 0 Å².